The van der Waals surface area contributed by atoms with Crippen molar-refractivity contribution in [2.75, 3.05) is 25.0 Å². The quantitative estimate of drug-likeness (QED) is 0.161. The Balaban J connectivity index is 0.000000426. The summed E-state index contributed by atoms with van der Waals surface area (Å²) >= 11 is 0. The van der Waals surface area contributed by atoms with Crippen molar-refractivity contribution in [3.8, 4) is 5.69 Å². The zero-order valence-corrected chi connectivity index (χ0v) is 37.7. The van der Waals surface area contributed by atoms with Crippen LogP contribution in [0.4, 0.5) is 5.69 Å². The van der Waals surface area contributed by atoms with Crippen molar-refractivity contribution in [3.05, 3.63) is 126 Å². The Morgan fingerprint density at radius 2 is 1.64 bits per heavy atom. The molecule has 5 nitrogen and oxygen atoms in total. The molecule has 1 aliphatic heterocycles. The molecule has 56 heavy (non-hydrogen) atoms. The highest BCUT2D eigenvalue weighted by Gasteiger charge is 2.19. The summed E-state index contributed by atoms with van der Waals surface area (Å²) in [5.74, 6) is 2.96. The number of nitrogens with two attached hydrogens (primary N) is 1. The minimum absolute atomic E-state index is 0.598. The molecular formula is C51H81N5. The summed E-state index contributed by atoms with van der Waals surface area (Å²) in [6.07, 6.45) is 15.3. The van der Waals surface area contributed by atoms with Crippen molar-refractivity contribution < 1.29 is 0 Å². The van der Waals surface area contributed by atoms with E-state index >= 15 is 0 Å². The van der Waals surface area contributed by atoms with Gasteiger partial charge >= 0.3 is 0 Å². The smallest absolute Gasteiger partial charge is 0.0976 e. The number of nitrogens with zero attached hydrogens (tertiary/aromatic N) is 2. The van der Waals surface area contributed by atoms with Crippen molar-refractivity contribution in [1.29, 1.82) is 0 Å². The molecule has 0 bridgehead atoms. The molecule has 2 heterocycles. The standard InChI is InChI=1S/C20H24N4.C16H25N.C8H16.C4H10.C3H6/c1-14(21)19-6-2-4-17-13-24(23-20(17)19)18-9-7-15(8-10-18)16-5-3-11-22-12-16;1-6-8-15-14(13(4)5)9-7-10-16(15)17-11-12(2)3;1-7(2)5-6-8(3)4;1-4(2)3;1-3-2/h6-10,13,16,22H,1-5,11-12,21H2;7,9-10,12,17H,4,6,8,11H2,1-3,5H3;8H,1,5-6H2,2-4H3;4H,1-3H3;3H,1H2,2H3. The molecule has 3 aromatic rings. The average molecular weight is 764 g/mol. The summed E-state index contributed by atoms with van der Waals surface area (Å²) in [4.78, 5) is 0. The predicted octanol–water partition coefficient (Wildman–Crippen LogP) is 13.7. The van der Waals surface area contributed by atoms with E-state index in [4.69, 9.17) is 10.8 Å². The van der Waals surface area contributed by atoms with Crippen molar-refractivity contribution in [2.24, 2.45) is 23.5 Å². The Labute approximate surface area is 344 Å². The van der Waals surface area contributed by atoms with Gasteiger partial charge in [0.1, 0.15) is 0 Å². The lowest BCUT2D eigenvalue weighted by Crippen LogP contribution is -2.28. The first-order valence-electron chi connectivity index (χ1n) is 21.3. The van der Waals surface area contributed by atoms with Crippen molar-refractivity contribution in [1.82, 2.24) is 15.1 Å². The van der Waals surface area contributed by atoms with Gasteiger partial charge in [-0.1, -0.05) is 123 Å². The van der Waals surface area contributed by atoms with Crippen LogP contribution in [0.5, 0.6) is 0 Å². The summed E-state index contributed by atoms with van der Waals surface area (Å²) in [7, 11) is 0. The van der Waals surface area contributed by atoms with E-state index in [9.17, 15) is 0 Å². The van der Waals surface area contributed by atoms with E-state index in [2.05, 4.69) is 161 Å². The maximum Gasteiger partial charge on any atom is 0.0976 e. The number of rotatable bonds is 12. The van der Waals surface area contributed by atoms with Gasteiger partial charge in [0.15, 0.2) is 0 Å². The number of aryl methyl sites for hydroxylation is 1. The lowest BCUT2D eigenvalue weighted by Gasteiger charge is -2.23. The second-order valence-electron chi connectivity index (χ2n) is 16.9. The molecule has 0 radical (unpaired) electrons. The van der Waals surface area contributed by atoms with Crippen LogP contribution in [0.3, 0.4) is 0 Å². The summed E-state index contributed by atoms with van der Waals surface area (Å²) < 4.78 is 1.97. The molecule has 2 aliphatic rings. The van der Waals surface area contributed by atoms with Gasteiger partial charge < -0.3 is 16.4 Å². The molecule has 0 amide bonds. The summed E-state index contributed by atoms with van der Waals surface area (Å²) in [5.41, 5.74) is 18.7. The molecule has 5 heteroatoms. The van der Waals surface area contributed by atoms with Crippen LogP contribution in [-0.4, -0.2) is 29.4 Å². The van der Waals surface area contributed by atoms with Gasteiger partial charge in [-0.05, 0) is 136 Å². The van der Waals surface area contributed by atoms with Gasteiger partial charge in [0.05, 0.1) is 11.4 Å². The zero-order chi connectivity index (χ0) is 42.2. The minimum Gasteiger partial charge on any atom is -0.399 e. The van der Waals surface area contributed by atoms with E-state index in [0.29, 0.717) is 17.5 Å². The number of allylic oxidation sites excluding steroid dienone is 5. The largest absolute Gasteiger partial charge is 0.399 e. The number of fused-ring (bicyclic) bond motifs is 1. The summed E-state index contributed by atoms with van der Waals surface area (Å²) in [6, 6.07) is 15.3. The number of aromatic nitrogens is 2. The highest BCUT2D eigenvalue weighted by atomic mass is 15.3. The fourth-order valence-corrected chi connectivity index (χ4v) is 6.26. The number of benzene rings is 2. The average Bonchev–Trinajstić information content (AvgIpc) is 3.59. The van der Waals surface area contributed by atoms with Gasteiger partial charge in [-0.2, -0.15) is 5.10 Å². The van der Waals surface area contributed by atoms with Crippen molar-refractivity contribution in [3.63, 3.8) is 0 Å². The lowest BCUT2D eigenvalue weighted by molar-refractivity contribution is 0.461. The molecule has 310 valence electrons. The molecule has 5 rings (SSSR count). The number of anilines is 1. The Morgan fingerprint density at radius 3 is 2.12 bits per heavy atom. The van der Waals surface area contributed by atoms with E-state index in [1.807, 2.05) is 11.6 Å². The molecule has 1 fully saturated rings. The molecule has 1 aliphatic carbocycles. The van der Waals surface area contributed by atoms with Gasteiger partial charge in [-0.15, -0.1) is 13.2 Å². The fraction of sp³-hybridized carbons (Fsp3) is 0.510. The van der Waals surface area contributed by atoms with Gasteiger partial charge in [0.2, 0.25) is 0 Å². The maximum atomic E-state index is 5.91. The number of hydrogen-bond acceptors (Lipinski definition) is 4. The van der Waals surface area contributed by atoms with Gasteiger partial charge in [0, 0.05) is 36.2 Å². The number of piperidine rings is 1. The van der Waals surface area contributed by atoms with Crippen LogP contribution in [0.15, 0.2) is 98.4 Å². The second kappa shape index (κ2) is 27.5. The SMILES string of the molecule is C=C(C)CCC(C)C.C=C(C)c1cccc(NCC(C)C)c1CCC.C=C(N)C1=CCCc2cn(-c3ccc(C4CCCNC4)cc3)nc21.C=CC.CC(C)C. The van der Waals surface area contributed by atoms with Crippen LogP contribution < -0.4 is 16.4 Å². The van der Waals surface area contributed by atoms with Crippen LogP contribution in [0.25, 0.3) is 16.8 Å². The maximum absolute atomic E-state index is 5.91. The molecule has 1 saturated heterocycles. The molecule has 1 atom stereocenters. The van der Waals surface area contributed by atoms with E-state index in [-0.39, 0.29) is 0 Å². The summed E-state index contributed by atoms with van der Waals surface area (Å²) in [6.45, 7) is 42.1. The van der Waals surface area contributed by atoms with Gasteiger partial charge in [-0.25, -0.2) is 4.68 Å². The Morgan fingerprint density at radius 1 is 1.00 bits per heavy atom. The fourth-order valence-electron chi connectivity index (χ4n) is 6.26. The van der Waals surface area contributed by atoms with E-state index < -0.39 is 0 Å². The molecule has 4 N–H and O–H groups in total. The highest BCUT2D eigenvalue weighted by Crippen LogP contribution is 2.30. The first kappa shape index (κ1) is 49.9. The second-order valence-corrected chi connectivity index (χ2v) is 16.9. The highest BCUT2D eigenvalue weighted by molar-refractivity contribution is 5.78. The Hall–Kier alpha value is -4.09. The Kier molecular flexibility index (Phi) is 24.5. The van der Waals surface area contributed by atoms with Crippen molar-refractivity contribution in [2.45, 2.75) is 133 Å². The van der Waals surface area contributed by atoms with E-state index in [0.717, 1.165) is 73.3 Å². The van der Waals surface area contributed by atoms with Crippen LogP contribution >= 0.6 is 0 Å². The zero-order valence-electron chi connectivity index (χ0n) is 37.7. The van der Waals surface area contributed by atoms with Crippen LogP contribution in [-0.2, 0) is 12.8 Å². The lowest BCUT2D eigenvalue weighted by atomic mass is 9.92. The molecule has 1 aromatic heterocycles. The number of hydrogen-bond donors (Lipinski definition) is 3. The minimum atomic E-state index is 0.598. The molecule has 0 saturated carbocycles. The van der Waals surface area contributed by atoms with E-state index in [1.54, 1.807) is 6.08 Å². The normalized spacial score (nSPS) is 14.2. The van der Waals surface area contributed by atoms with Crippen molar-refractivity contribution >= 4 is 16.8 Å². The molecule has 1 unspecified atom stereocenters. The molecule has 2 aromatic carbocycles. The van der Waals surface area contributed by atoms with Gasteiger partial charge in [0.25, 0.3) is 0 Å². The van der Waals surface area contributed by atoms with Crippen LogP contribution in [0.2, 0.25) is 0 Å². The molecule has 0 spiro atoms. The third-order valence-electron chi connectivity index (χ3n) is 9.06. The van der Waals surface area contributed by atoms with Gasteiger partial charge in [-0.3, -0.25) is 0 Å². The number of nitrogens with one attached hydrogen (secondary N) is 2. The van der Waals surface area contributed by atoms with Crippen LogP contribution in [0.1, 0.15) is 149 Å². The first-order chi connectivity index (χ1) is 26.6. The predicted molar refractivity (Wildman–Crippen MR) is 252 cm³/mol. The van der Waals surface area contributed by atoms with E-state index in [1.165, 1.54) is 65.6 Å². The molecular weight excluding hydrogens is 683 g/mol. The Bertz CT molecular complexity index is 1620. The van der Waals surface area contributed by atoms with Crippen LogP contribution in [0, 0.1) is 17.8 Å². The summed E-state index contributed by atoms with van der Waals surface area (Å²) in [5, 5.41) is 11.8. The first-order valence-corrected chi connectivity index (χ1v) is 21.3. The monoisotopic (exact) mass is 764 g/mol. The third-order valence-corrected chi connectivity index (χ3v) is 9.06. The third kappa shape index (κ3) is 19.2. The topological polar surface area (TPSA) is 67.9 Å².